The minimum Gasteiger partial charge on any atom is -0.478 e. The highest BCUT2D eigenvalue weighted by Crippen LogP contribution is 2.35. The highest BCUT2D eigenvalue weighted by atomic mass is 32.2. The van der Waals surface area contributed by atoms with E-state index >= 15 is 0 Å². The minimum absolute atomic E-state index is 0.0349. The van der Waals surface area contributed by atoms with Crippen LogP contribution >= 0.6 is 11.8 Å². The number of carboxylic acid groups (broad SMARTS) is 1. The summed E-state index contributed by atoms with van der Waals surface area (Å²) in [7, 11) is 0. The van der Waals surface area contributed by atoms with Crippen LogP contribution in [0.15, 0.2) is 77.7 Å². The Kier molecular flexibility index (Phi) is 7.54. The van der Waals surface area contributed by atoms with E-state index in [1.54, 1.807) is 23.1 Å². The molecule has 6 heteroatoms. The van der Waals surface area contributed by atoms with Gasteiger partial charge in [-0.05, 0) is 65.4 Å². The Hall–Kier alpha value is -3.51. The number of benzene rings is 3. The molecule has 0 saturated heterocycles. The summed E-state index contributed by atoms with van der Waals surface area (Å²) in [5.74, 6) is -0.116. The molecule has 1 heterocycles. The van der Waals surface area contributed by atoms with Gasteiger partial charge in [-0.25, -0.2) is 4.79 Å². The zero-order valence-corrected chi connectivity index (χ0v) is 21.5. The zero-order valence-electron chi connectivity index (χ0n) is 21.7. The van der Waals surface area contributed by atoms with Gasteiger partial charge in [0.25, 0.3) is 0 Å². The van der Waals surface area contributed by atoms with Gasteiger partial charge < -0.3 is 15.3 Å². The molecule has 1 atom stereocenters. The monoisotopic (exact) mass is 513 g/mol. The number of rotatable bonds is 7. The van der Waals surface area contributed by atoms with Crippen molar-refractivity contribution in [3.05, 3.63) is 83.9 Å². The molecule has 0 spiro atoms. The summed E-state index contributed by atoms with van der Waals surface area (Å²) in [6.45, 7) is 0.0614. The minimum atomic E-state index is -1.03. The van der Waals surface area contributed by atoms with Gasteiger partial charge in [-0.2, -0.15) is 0 Å². The van der Waals surface area contributed by atoms with Crippen molar-refractivity contribution in [2.24, 2.45) is 5.92 Å². The molecule has 3 aromatic carbocycles. The third-order valence-corrected chi connectivity index (χ3v) is 7.99. The number of carbonyl (C=O) groups excluding carboxylic acids is 1. The SMILES string of the molecule is [2H]C(c1ccc(-c2ccc3c(c2)SCCN3)cc1)N(C(=O)C1CCCCC1)c1cccc(/C=C/C(=O)O)c1. The van der Waals surface area contributed by atoms with Crippen molar-refractivity contribution in [1.29, 1.82) is 0 Å². The topological polar surface area (TPSA) is 69.6 Å². The summed E-state index contributed by atoms with van der Waals surface area (Å²) in [5, 5.41) is 12.5. The number of thioether (sulfide) groups is 1. The summed E-state index contributed by atoms with van der Waals surface area (Å²) >= 11 is 1.86. The maximum Gasteiger partial charge on any atom is 0.328 e. The molecule has 0 aromatic heterocycles. The van der Waals surface area contributed by atoms with Crippen LogP contribution in [0.3, 0.4) is 0 Å². The first-order valence-corrected chi connectivity index (χ1v) is 13.9. The standard InChI is InChI=1S/C31H32N2O3S/c34-30(35)16-11-22-5-4-8-27(19-22)33(31(36)25-6-2-1-3-7-25)21-23-9-12-24(13-10-23)26-14-15-28-29(20-26)37-18-17-32-28/h4-5,8-16,19-20,25,32H,1-3,6-7,17-18,21H2,(H,34,35)/b16-11+/i21D. The Bertz CT molecular complexity index is 1340. The van der Waals surface area contributed by atoms with E-state index in [0.29, 0.717) is 11.3 Å². The molecule has 1 saturated carbocycles. The van der Waals surface area contributed by atoms with E-state index in [4.69, 9.17) is 5.11 Å². The molecule has 1 unspecified atom stereocenters. The summed E-state index contributed by atoms with van der Waals surface area (Å²) in [5.41, 5.74) is 5.38. The molecule has 0 bridgehead atoms. The molecule has 1 aliphatic carbocycles. The number of anilines is 2. The summed E-state index contributed by atoms with van der Waals surface area (Å²) in [6.07, 6.45) is 7.46. The molecule has 190 valence electrons. The van der Waals surface area contributed by atoms with E-state index in [1.165, 1.54) is 16.7 Å². The average Bonchev–Trinajstić information content (AvgIpc) is 2.96. The van der Waals surface area contributed by atoms with Crippen molar-refractivity contribution in [1.82, 2.24) is 0 Å². The lowest BCUT2D eigenvalue weighted by Crippen LogP contribution is -2.36. The molecule has 1 aliphatic heterocycles. The van der Waals surface area contributed by atoms with Gasteiger partial charge in [-0.3, -0.25) is 4.79 Å². The van der Waals surface area contributed by atoms with Gasteiger partial charge in [0.1, 0.15) is 0 Å². The lowest BCUT2D eigenvalue weighted by molar-refractivity contribution is -0.131. The zero-order chi connectivity index (χ0) is 26.5. The molecular formula is C31H32N2O3S. The van der Waals surface area contributed by atoms with Crippen molar-refractivity contribution >= 4 is 41.1 Å². The molecular weight excluding hydrogens is 480 g/mol. The summed E-state index contributed by atoms with van der Waals surface area (Å²) in [6, 6.07) is 21.6. The molecule has 2 N–H and O–H groups in total. The van der Waals surface area contributed by atoms with Crippen molar-refractivity contribution in [3.63, 3.8) is 0 Å². The number of nitrogens with zero attached hydrogens (tertiary/aromatic N) is 1. The first-order valence-electron chi connectivity index (χ1n) is 13.4. The molecule has 3 aromatic rings. The van der Waals surface area contributed by atoms with E-state index in [0.717, 1.165) is 67.2 Å². The Morgan fingerprint density at radius 3 is 2.59 bits per heavy atom. The Labute approximate surface area is 224 Å². The van der Waals surface area contributed by atoms with Gasteiger partial charge in [0, 0.05) is 40.6 Å². The highest BCUT2D eigenvalue weighted by molar-refractivity contribution is 7.99. The van der Waals surface area contributed by atoms with Crippen molar-refractivity contribution in [2.75, 3.05) is 22.5 Å². The number of fused-ring (bicyclic) bond motifs is 1. The fourth-order valence-electron chi connectivity index (χ4n) is 4.98. The second-order valence-electron chi connectivity index (χ2n) is 9.55. The number of nitrogens with one attached hydrogen (secondary N) is 1. The lowest BCUT2D eigenvalue weighted by Gasteiger charge is -2.30. The fraction of sp³-hybridized carbons (Fsp3) is 0.290. The molecule has 1 amide bonds. The second kappa shape index (κ2) is 11.7. The quantitative estimate of drug-likeness (QED) is 0.330. The summed E-state index contributed by atoms with van der Waals surface area (Å²) in [4.78, 5) is 27.7. The predicted molar refractivity (Wildman–Crippen MR) is 152 cm³/mol. The summed E-state index contributed by atoms with van der Waals surface area (Å²) < 4.78 is 9.18. The molecule has 1 fully saturated rings. The van der Waals surface area contributed by atoms with Crippen LogP contribution < -0.4 is 10.2 Å². The van der Waals surface area contributed by atoms with Crippen molar-refractivity contribution in [3.8, 4) is 11.1 Å². The maximum atomic E-state index is 13.8. The Balaban J connectivity index is 1.44. The highest BCUT2D eigenvalue weighted by Gasteiger charge is 2.27. The van der Waals surface area contributed by atoms with Gasteiger partial charge in [-0.1, -0.05) is 61.7 Å². The first-order chi connectivity index (χ1) is 18.5. The van der Waals surface area contributed by atoms with E-state index in [1.807, 2.05) is 42.1 Å². The van der Waals surface area contributed by atoms with Crippen LogP contribution in [0.25, 0.3) is 17.2 Å². The average molecular weight is 514 g/mol. The smallest absolute Gasteiger partial charge is 0.328 e. The molecule has 5 nitrogen and oxygen atoms in total. The molecule has 5 rings (SSSR count). The van der Waals surface area contributed by atoms with Gasteiger partial charge in [0.05, 0.1) is 7.89 Å². The number of carboxylic acids is 1. The van der Waals surface area contributed by atoms with Crippen LogP contribution in [-0.2, 0) is 16.1 Å². The van der Waals surface area contributed by atoms with E-state index in [2.05, 4.69) is 23.5 Å². The van der Waals surface area contributed by atoms with Crippen LogP contribution in [0.4, 0.5) is 11.4 Å². The van der Waals surface area contributed by atoms with Crippen LogP contribution in [0.1, 0.15) is 44.6 Å². The first kappa shape index (κ1) is 23.9. The van der Waals surface area contributed by atoms with Crippen molar-refractivity contribution < 1.29 is 16.1 Å². The number of hydrogen-bond acceptors (Lipinski definition) is 4. The Morgan fingerprint density at radius 2 is 1.81 bits per heavy atom. The van der Waals surface area contributed by atoms with Gasteiger partial charge in [0.2, 0.25) is 5.91 Å². The lowest BCUT2D eigenvalue weighted by atomic mass is 9.88. The fourth-order valence-corrected chi connectivity index (χ4v) is 5.91. The van der Waals surface area contributed by atoms with E-state index < -0.39 is 12.5 Å². The molecule has 2 aliphatic rings. The number of amides is 1. The third-order valence-electron chi connectivity index (χ3n) is 6.94. The predicted octanol–water partition coefficient (Wildman–Crippen LogP) is 7.08. The van der Waals surface area contributed by atoms with Crippen LogP contribution in [0, 0.1) is 5.92 Å². The maximum absolute atomic E-state index is 13.8. The van der Waals surface area contributed by atoms with Crippen molar-refractivity contribution in [2.45, 2.75) is 43.5 Å². The van der Waals surface area contributed by atoms with E-state index in [-0.39, 0.29) is 11.8 Å². The molecule has 0 radical (unpaired) electrons. The van der Waals surface area contributed by atoms with Crippen LogP contribution in [-0.4, -0.2) is 29.3 Å². The van der Waals surface area contributed by atoms with Gasteiger partial charge in [0.15, 0.2) is 0 Å². The van der Waals surface area contributed by atoms with Gasteiger partial charge >= 0.3 is 5.97 Å². The number of carbonyl (C=O) groups is 2. The van der Waals surface area contributed by atoms with Crippen LogP contribution in [0.2, 0.25) is 0 Å². The number of hydrogen-bond donors (Lipinski definition) is 2. The third kappa shape index (κ3) is 6.25. The van der Waals surface area contributed by atoms with Crippen LogP contribution in [0.5, 0.6) is 0 Å². The van der Waals surface area contributed by atoms with E-state index in [9.17, 15) is 11.0 Å². The van der Waals surface area contributed by atoms with Gasteiger partial charge in [-0.15, -0.1) is 11.8 Å². The number of aliphatic carboxylic acids is 1. The normalized spacial score (nSPS) is 16.9. The molecule has 37 heavy (non-hydrogen) atoms. The largest absolute Gasteiger partial charge is 0.478 e. The Morgan fingerprint density at radius 1 is 1.03 bits per heavy atom. The second-order valence-corrected chi connectivity index (χ2v) is 10.7.